The van der Waals surface area contributed by atoms with Crippen LogP contribution in [0.25, 0.3) is 10.2 Å². The Balaban J connectivity index is 1.71. The number of thiazole rings is 1. The van der Waals surface area contributed by atoms with Crippen molar-refractivity contribution in [3.8, 4) is 0 Å². The first kappa shape index (κ1) is 22.9. The fraction of sp³-hybridized carbons (Fsp3) is 0.0833. The second-order valence-electron chi connectivity index (χ2n) is 6.97. The number of nitrogens with zero attached hydrogens (tertiary/aromatic N) is 2. The van der Waals surface area contributed by atoms with Crippen molar-refractivity contribution in [3.05, 3.63) is 98.3 Å². The molecule has 9 heteroatoms. The highest BCUT2D eigenvalue weighted by atomic mass is 35.5. The van der Waals surface area contributed by atoms with Crippen LogP contribution in [-0.4, -0.2) is 29.3 Å². The van der Waals surface area contributed by atoms with Crippen molar-refractivity contribution in [2.24, 2.45) is 4.99 Å². The van der Waals surface area contributed by atoms with Gasteiger partial charge in [0.15, 0.2) is 10.6 Å². The van der Waals surface area contributed by atoms with Crippen molar-refractivity contribution in [1.82, 2.24) is 4.57 Å². The Hall–Kier alpha value is -3.26. The van der Waals surface area contributed by atoms with E-state index in [0.717, 1.165) is 0 Å². The van der Waals surface area contributed by atoms with Crippen molar-refractivity contribution < 1.29 is 19.1 Å². The Morgan fingerprint density at radius 3 is 2.24 bits per heavy atom. The molecule has 0 bridgehead atoms. The van der Waals surface area contributed by atoms with Gasteiger partial charge in [-0.25, -0.2) is 0 Å². The van der Waals surface area contributed by atoms with Crippen molar-refractivity contribution in [3.63, 3.8) is 0 Å². The van der Waals surface area contributed by atoms with Gasteiger partial charge in [-0.3, -0.25) is 14.4 Å². The van der Waals surface area contributed by atoms with Crippen molar-refractivity contribution in [2.75, 3.05) is 7.11 Å². The summed E-state index contributed by atoms with van der Waals surface area (Å²) in [6.45, 7) is -0.172. The van der Waals surface area contributed by atoms with E-state index >= 15 is 0 Å². The lowest BCUT2D eigenvalue weighted by atomic mass is 10.0. The predicted octanol–water partition coefficient (Wildman–Crippen LogP) is 5.15. The topological polar surface area (TPSA) is 77.7 Å². The van der Waals surface area contributed by atoms with Crippen LogP contribution in [0.15, 0.2) is 71.7 Å². The molecule has 6 nitrogen and oxygen atoms in total. The van der Waals surface area contributed by atoms with E-state index in [2.05, 4.69) is 4.99 Å². The number of carbonyl (C=O) groups is 3. The average Bonchev–Trinajstić information content (AvgIpc) is 3.15. The number of ketones is 1. The molecule has 0 atom stereocenters. The number of methoxy groups -OCH3 is 1. The third-order valence-corrected chi connectivity index (χ3v) is 6.37. The molecule has 0 saturated carbocycles. The Kier molecular flexibility index (Phi) is 6.74. The second kappa shape index (κ2) is 9.70. The molecule has 0 aliphatic rings. The quantitative estimate of drug-likeness (QED) is 0.281. The van der Waals surface area contributed by atoms with E-state index in [4.69, 9.17) is 27.9 Å². The summed E-state index contributed by atoms with van der Waals surface area (Å²) in [6.07, 6.45) is 0. The van der Waals surface area contributed by atoms with Crippen LogP contribution < -0.4 is 4.80 Å². The van der Waals surface area contributed by atoms with Crippen LogP contribution in [0.3, 0.4) is 0 Å². The summed E-state index contributed by atoms with van der Waals surface area (Å²) in [4.78, 5) is 41.9. The maximum absolute atomic E-state index is 12.9. The Labute approximate surface area is 202 Å². The fourth-order valence-electron chi connectivity index (χ4n) is 3.23. The number of hydrogen-bond acceptors (Lipinski definition) is 5. The standard InChI is InChI=1S/C24H16Cl2N2O4S/c1-32-20(29)13-28-21-18(26)11-17(25)12-19(21)33-24(28)27-23(31)16-9-7-15(8-10-16)22(30)14-5-3-2-4-6-14/h2-12H,13H2,1H3. The minimum atomic E-state index is -0.527. The number of hydrogen-bond donors (Lipinski definition) is 0. The first-order valence-electron chi connectivity index (χ1n) is 9.71. The normalized spacial score (nSPS) is 11.5. The van der Waals surface area contributed by atoms with Gasteiger partial charge in [0.2, 0.25) is 0 Å². The molecule has 0 spiro atoms. The third-order valence-electron chi connectivity index (χ3n) is 4.84. The molecular formula is C24H16Cl2N2O4S. The molecule has 1 aromatic heterocycles. The zero-order valence-corrected chi connectivity index (χ0v) is 19.6. The Morgan fingerprint density at radius 2 is 1.58 bits per heavy atom. The van der Waals surface area contributed by atoms with Crippen LogP contribution in [0.1, 0.15) is 26.3 Å². The molecule has 0 radical (unpaired) electrons. The van der Waals surface area contributed by atoms with Crippen LogP contribution in [-0.2, 0) is 16.1 Å². The molecule has 166 valence electrons. The first-order chi connectivity index (χ1) is 15.9. The van der Waals surface area contributed by atoms with Gasteiger partial charge >= 0.3 is 5.97 Å². The summed E-state index contributed by atoms with van der Waals surface area (Å²) in [5.74, 6) is -1.18. The highest BCUT2D eigenvalue weighted by molar-refractivity contribution is 7.16. The van der Waals surface area contributed by atoms with Gasteiger partial charge in [-0.15, -0.1) is 0 Å². The Bertz CT molecular complexity index is 1440. The summed E-state index contributed by atoms with van der Waals surface area (Å²) >= 11 is 13.6. The van der Waals surface area contributed by atoms with Gasteiger partial charge in [0.25, 0.3) is 5.91 Å². The molecule has 0 unspecified atom stereocenters. The van der Waals surface area contributed by atoms with Gasteiger partial charge < -0.3 is 9.30 Å². The lowest BCUT2D eigenvalue weighted by Gasteiger charge is -2.05. The van der Waals surface area contributed by atoms with E-state index in [0.29, 0.717) is 37.0 Å². The molecule has 0 aliphatic carbocycles. The second-order valence-corrected chi connectivity index (χ2v) is 8.82. The van der Waals surface area contributed by atoms with Crippen molar-refractivity contribution >= 4 is 62.4 Å². The molecule has 0 N–H and O–H groups in total. The van der Waals surface area contributed by atoms with Gasteiger partial charge in [-0.1, -0.05) is 77.0 Å². The summed E-state index contributed by atoms with van der Waals surface area (Å²) in [5.41, 5.74) is 1.85. The fourth-order valence-corrected chi connectivity index (χ4v) is 5.04. The Morgan fingerprint density at radius 1 is 0.939 bits per heavy atom. The summed E-state index contributed by atoms with van der Waals surface area (Å²) in [5, 5.41) is 0.755. The molecule has 0 saturated heterocycles. The van der Waals surface area contributed by atoms with E-state index < -0.39 is 11.9 Å². The number of fused-ring (bicyclic) bond motifs is 1. The van der Waals surface area contributed by atoms with Gasteiger partial charge in [-0.2, -0.15) is 4.99 Å². The average molecular weight is 499 g/mol. The molecule has 1 amide bonds. The molecule has 3 aromatic carbocycles. The minimum absolute atomic E-state index is 0.140. The number of carbonyl (C=O) groups excluding carboxylic acids is 3. The molecule has 1 heterocycles. The van der Waals surface area contributed by atoms with E-state index in [1.165, 1.54) is 23.0 Å². The molecule has 0 aliphatic heterocycles. The van der Waals surface area contributed by atoms with Crippen molar-refractivity contribution in [2.45, 2.75) is 6.54 Å². The predicted molar refractivity (Wildman–Crippen MR) is 128 cm³/mol. The smallest absolute Gasteiger partial charge is 0.325 e. The molecule has 0 fully saturated rings. The molecule has 4 rings (SSSR count). The lowest BCUT2D eigenvalue weighted by Crippen LogP contribution is -2.22. The maximum atomic E-state index is 12.9. The van der Waals surface area contributed by atoms with E-state index in [-0.39, 0.29) is 17.1 Å². The van der Waals surface area contributed by atoms with Crippen LogP contribution in [0.2, 0.25) is 10.0 Å². The number of amides is 1. The number of esters is 1. The first-order valence-corrected chi connectivity index (χ1v) is 11.3. The zero-order chi connectivity index (χ0) is 23.5. The van der Waals surface area contributed by atoms with Crippen LogP contribution in [0.4, 0.5) is 0 Å². The van der Waals surface area contributed by atoms with Gasteiger partial charge in [-0.05, 0) is 24.3 Å². The van der Waals surface area contributed by atoms with Crippen LogP contribution in [0.5, 0.6) is 0 Å². The largest absolute Gasteiger partial charge is 0.468 e. The molecule has 33 heavy (non-hydrogen) atoms. The number of halogens is 2. The zero-order valence-electron chi connectivity index (χ0n) is 17.2. The van der Waals surface area contributed by atoms with E-state index in [9.17, 15) is 14.4 Å². The highest BCUT2D eigenvalue weighted by Crippen LogP contribution is 2.29. The van der Waals surface area contributed by atoms with Crippen LogP contribution >= 0.6 is 34.5 Å². The minimum Gasteiger partial charge on any atom is -0.468 e. The van der Waals surface area contributed by atoms with E-state index in [1.54, 1.807) is 60.7 Å². The molecule has 4 aromatic rings. The number of benzene rings is 3. The number of rotatable bonds is 5. The van der Waals surface area contributed by atoms with Gasteiger partial charge in [0.1, 0.15) is 6.54 Å². The maximum Gasteiger partial charge on any atom is 0.325 e. The van der Waals surface area contributed by atoms with Crippen molar-refractivity contribution in [1.29, 1.82) is 0 Å². The monoisotopic (exact) mass is 498 g/mol. The SMILES string of the molecule is COC(=O)Cn1c(=NC(=O)c2ccc(C(=O)c3ccccc3)cc2)sc2cc(Cl)cc(Cl)c21. The molecular weight excluding hydrogens is 483 g/mol. The third kappa shape index (κ3) is 4.90. The van der Waals surface area contributed by atoms with Gasteiger partial charge in [0.05, 0.1) is 22.3 Å². The number of ether oxygens (including phenoxy) is 1. The summed E-state index contributed by atoms with van der Waals surface area (Å²) < 4.78 is 6.97. The summed E-state index contributed by atoms with van der Waals surface area (Å²) in [7, 11) is 1.27. The van der Waals surface area contributed by atoms with Gasteiger partial charge in [0, 0.05) is 21.7 Å². The lowest BCUT2D eigenvalue weighted by molar-refractivity contribution is -0.141. The summed E-state index contributed by atoms with van der Waals surface area (Å²) in [6, 6.07) is 18.4. The number of aromatic nitrogens is 1. The van der Waals surface area contributed by atoms with Crippen LogP contribution in [0, 0.1) is 0 Å². The highest BCUT2D eigenvalue weighted by Gasteiger charge is 2.16. The van der Waals surface area contributed by atoms with E-state index in [1.807, 2.05) is 6.07 Å².